The van der Waals surface area contributed by atoms with Crippen molar-refractivity contribution in [1.82, 2.24) is 35.1 Å². The van der Waals surface area contributed by atoms with Crippen LogP contribution >= 0.6 is 0 Å². The number of ketones is 1. The average Bonchev–Trinajstić information content (AvgIpc) is 3.36. The van der Waals surface area contributed by atoms with Gasteiger partial charge in [0.05, 0.1) is 16.5 Å². The standard InChI is InChI=1S/C21H16N8O2/c1-10(30)6-13-3-2-11(8-24-13)12-7-15-17(28-29-19(15)25-9-12)21-26-16-14(18(22)31)4-5-23-20(16)27-21/h2-5,7-9H,6H2,1H3,(H2,22,31)(H,23,26,27)(H,25,28,29). The molecule has 10 heteroatoms. The van der Waals surface area contributed by atoms with Crippen molar-refractivity contribution in [3.63, 3.8) is 0 Å². The molecule has 0 saturated heterocycles. The second-order valence-corrected chi connectivity index (χ2v) is 7.12. The van der Waals surface area contributed by atoms with Crippen molar-refractivity contribution < 1.29 is 9.59 Å². The number of hydrogen-bond acceptors (Lipinski definition) is 7. The second-order valence-electron chi connectivity index (χ2n) is 7.12. The maximum absolute atomic E-state index is 11.7. The van der Waals surface area contributed by atoms with Gasteiger partial charge in [0.1, 0.15) is 11.5 Å². The van der Waals surface area contributed by atoms with E-state index in [-0.39, 0.29) is 5.78 Å². The molecule has 0 atom stereocenters. The van der Waals surface area contributed by atoms with E-state index in [1.165, 1.54) is 13.1 Å². The molecule has 0 aromatic carbocycles. The summed E-state index contributed by atoms with van der Waals surface area (Å²) in [6.45, 7) is 1.54. The molecule has 152 valence electrons. The van der Waals surface area contributed by atoms with Crippen LogP contribution in [0.25, 0.3) is 44.8 Å². The SMILES string of the molecule is CC(=O)Cc1ccc(-c2cnc3n[nH]c(-c4nc5nccc(C(N)=O)c5[nH]4)c3c2)cn1. The molecule has 4 N–H and O–H groups in total. The lowest BCUT2D eigenvalue weighted by Crippen LogP contribution is -2.11. The molecule has 10 nitrogen and oxygen atoms in total. The van der Waals surface area contributed by atoms with Gasteiger partial charge in [-0.3, -0.25) is 19.7 Å². The Hall–Kier alpha value is -4.47. The lowest BCUT2D eigenvalue weighted by atomic mass is 10.1. The summed E-state index contributed by atoms with van der Waals surface area (Å²) in [7, 11) is 0. The Bertz CT molecular complexity index is 1470. The number of carbonyl (C=O) groups excluding carboxylic acids is 2. The Morgan fingerprint density at radius 3 is 2.61 bits per heavy atom. The van der Waals surface area contributed by atoms with E-state index in [0.717, 1.165) is 16.5 Å². The predicted molar refractivity (Wildman–Crippen MR) is 113 cm³/mol. The van der Waals surface area contributed by atoms with Gasteiger partial charge in [-0.25, -0.2) is 15.0 Å². The maximum Gasteiger partial charge on any atom is 0.251 e. The van der Waals surface area contributed by atoms with E-state index >= 15 is 0 Å². The number of Topliss-reactive ketones (excluding diaryl/α,β-unsaturated/α-hetero) is 1. The molecular weight excluding hydrogens is 396 g/mol. The summed E-state index contributed by atoms with van der Waals surface area (Å²) in [5.41, 5.74) is 10.1. The highest BCUT2D eigenvalue weighted by Gasteiger charge is 2.17. The van der Waals surface area contributed by atoms with Gasteiger partial charge in [-0.2, -0.15) is 5.10 Å². The van der Waals surface area contributed by atoms with Gasteiger partial charge in [-0.15, -0.1) is 0 Å². The second kappa shape index (κ2) is 7.10. The number of carbonyl (C=O) groups is 2. The minimum atomic E-state index is -0.568. The van der Waals surface area contributed by atoms with Gasteiger partial charge >= 0.3 is 0 Å². The van der Waals surface area contributed by atoms with Gasteiger partial charge in [0.25, 0.3) is 5.91 Å². The molecule has 0 bridgehead atoms. The van der Waals surface area contributed by atoms with Crippen LogP contribution in [0.1, 0.15) is 23.0 Å². The molecule has 5 heterocycles. The number of rotatable bonds is 5. The number of nitrogens with one attached hydrogen (secondary N) is 2. The van der Waals surface area contributed by atoms with Crippen LogP contribution in [0.15, 0.2) is 42.9 Å². The third kappa shape index (κ3) is 3.29. The van der Waals surface area contributed by atoms with E-state index in [1.807, 2.05) is 18.2 Å². The molecule has 0 fully saturated rings. The first-order chi connectivity index (χ1) is 15.0. The molecule has 0 aliphatic heterocycles. The highest BCUT2D eigenvalue weighted by Crippen LogP contribution is 2.29. The highest BCUT2D eigenvalue weighted by molar-refractivity contribution is 6.04. The molecule has 5 aromatic rings. The molecule has 0 unspecified atom stereocenters. The summed E-state index contributed by atoms with van der Waals surface area (Å²) >= 11 is 0. The summed E-state index contributed by atoms with van der Waals surface area (Å²) in [5, 5.41) is 7.93. The Labute approximate surface area is 175 Å². The Balaban J connectivity index is 1.58. The number of nitrogens with two attached hydrogens (primary N) is 1. The fraction of sp³-hybridized carbons (Fsp3) is 0.0952. The topological polar surface area (TPSA) is 156 Å². The fourth-order valence-electron chi connectivity index (χ4n) is 3.43. The minimum Gasteiger partial charge on any atom is -0.366 e. The summed E-state index contributed by atoms with van der Waals surface area (Å²) in [6, 6.07) is 7.20. The molecule has 0 saturated carbocycles. The number of pyridine rings is 3. The van der Waals surface area contributed by atoms with Crippen LogP contribution in [-0.4, -0.2) is 46.8 Å². The first-order valence-corrected chi connectivity index (χ1v) is 9.43. The molecule has 0 radical (unpaired) electrons. The quantitative estimate of drug-likeness (QED) is 0.399. The zero-order chi connectivity index (χ0) is 21.5. The predicted octanol–water partition coefficient (Wildman–Crippen LogP) is 2.19. The molecule has 5 aromatic heterocycles. The van der Waals surface area contributed by atoms with Gasteiger partial charge in [0.2, 0.25) is 0 Å². The monoisotopic (exact) mass is 412 g/mol. The lowest BCUT2D eigenvalue weighted by Gasteiger charge is -2.03. The fourth-order valence-corrected chi connectivity index (χ4v) is 3.43. The van der Waals surface area contributed by atoms with E-state index in [1.54, 1.807) is 18.5 Å². The minimum absolute atomic E-state index is 0.0613. The van der Waals surface area contributed by atoms with Crippen LogP contribution in [0.2, 0.25) is 0 Å². The number of fused-ring (bicyclic) bond motifs is 2. The zero-order valence-corrected chi connectivity index (χ0v) is 16.4. The first-order valence-electron chi connectivity index (χ1n) is 9.43. The van der Waals surface area contributed by atoms with Crippen LogP contribution in [0.5, 0.6) is 0 Å². The number of primary amides is 1. The third-order valence-corrected chi connectivity index (χ3v) is 4.89. The van der Waals surface area contributed by atoms with Crippen molar-refractivity contribution in [3.8, 4) is 22.6 Å². The van der Waals surface area contributed by atoms with Gasteiger partial charge in [0, 0.05) is 41.8 Å². The number of hydrogen-bond donors (Lipinski definition) is 3. The highest BCUT2D eigenvalue weighted by atomic mass is 16.1. The van der Waals surface area contributed by atoms with Crippen molar-refractivity contribution in [3.05, 3.63) is 54.1 Å². The maximum atomic E-state index is 11.7. The van der Waals surface area contributed by atoms with Crippen LogP contribution in [0, 0.1) is 0 Å². The van der Waals surface area contributed by atoms with E-state index in [2.05, 4.69) is 35.1 Å². The van der Waals surface area contributed by atoms with E-state index < -0.39 is 5.91 Å². The molecule has 0 aliphatic rings. The van der Waals surface area contributed by atoms with Gasteiger partial charge in [0.15, 0.2) is 17.1 Å². The van der Waals surface area contributed by atoms with Crippen molar-refractivity contribution in [1.29, 1.82) is 0 Å². The zero-order valence-electron chi connectivity index (χ0n) is 16.4. The normalized spacial score (nSPS) is 11.3. The Morgan fingerprint density at radius 1 is 1.03 bits per heavy atom. The number of amides is 1. The Morgan fingerprint density at radius 2 is 1.87 bits per heavy atom. The van der Waals surface area contributed by atoms with Crippen molar-refractivity contribution >= 4 is 33.9 Å². The van der Waals surface area contributed by atoms with Crippen molar-refractivity contribution in [2.75, 3.05) is 0 Å². The van der Waals surface area contributed by atoms with Gasteiger partial charge < -0.3 is 10.7 Å². The van der Waals surface area contributed by atoms with Crippen LogP contribution in [0.4, 0.5) is 0 Å². The molecule has 1 amide bonds. The Kier molecular flexibility index (Phi) is 4.25. The largest absolute Gasteiger partial charge is 0.366 e. The molecule has 31 heavy (non-hydrogen) atoms. The summed E-state index contributed by atoms with van der Waals surface area (Å²) in [6.07, 6.45) is 5.21. The van der Waals surface area contributed by atoms with Crippen LogP contribution < -0.4 is 5.73 Å². The molecular formula is C21H16N8O2. The number of aromatic nitrogens is 7. The molecule has 0 spiro atoms. The van der Waals surface area contributed by atoms with Crippen molar-refractivity contribution in [2.45, 2.75) is 13.3 Å². The van der Waals surface area contributed by atoms with Gasteiger partial charge in [-0.1, -0.05) is 6.07 Å². The van der Waals surface area contributed by atoms with Crippen molar-refractivity contribution in [2.24, 2.45) is 5.73 Å². The van der Waals surface area contributed by atoms with Gasteiger partial charge in [-0.05, 0) is 25.1 Å². The van der Waals surface area contributed by atoms with E-state index in [4.69, 9.17) is 5.73 Å². The summed E-state index contributed by atoms with van der Waals surface area (Å²) in [4.78, 5) is 43.5. The van der Waals surface area contributed by atoms with Crippen LogP contribution in [0.3, 0.4) is 0 Å². The lowest BCUT2D eigenvalue weighted by molar-refractivity contribution is -0.116. The number of nitrogens with zero attached hydrogens (tertiary/aromatic N) is 5. The van der Waals surface area contributed by atoms with Crippen LogP contribution in [-0.2, 0) is 11.2 Å². The number of imidazole rings is 1. The smallest absolute Gasteiger partial charge is 0.251 e. The molecule has 0 aliphatic carbocycles. The average molecular weight is 412 g/mol. The summed E-state index contributed by atoms with van der Waals surface area (Å²) in [5.74, 6) is -0.0412. The number of aromatic amines is 2. The van der Waals surface area contributed by atoms with E-state index in [0.29, 0.717) is 46.0 Å². The van der Waals surface area contributed by atoms with E-state index in [9.17, 15) is 9.59 Å². The molecule has 5 rings (SSSR count). The first kappa shape index (κ1) is 18.6. The third-order valence-electron chi connectivity index (χ3n) is 4.89. The number of H-pyrrole nitrogens is 2. The summed E-state index contributed by atoms with van der Waals surface area (Å²) < 4.78 is 0.